The number of hydrogen-bond acceptors (Lipinski definition) is 2. The maximum Gasteiger partial charge on any atom is 0.270 e. The molecule has 1 atom stereocenters. The zero-order valence-electron chi connectivity index (χ0n) is 10.6. The summed E-state index contributed by atoms with van der Waals surface area (Å²) >= 11 is 0. The van der Waals surface area contributed by atoms with Gasteiger partial charge in [0, 0.05) is 31.9 Å². The van der Waals surface area contributed by atoms with Crippen LogP contribution in [0.4, 0.5) is 0 Å². The van der Waals surface area contributed by atoms with Crippen LogP contribution in [0.25, 0.3) is 0 Å². The lowest BCUT2D eigenvalue weighted by atomic mass is 10.2. The molecule has 0 radical (unpaired) electrons. The normalized spacial score (nSPS) is 19.9. The molecule has 94 valence electrons. The monoisotopic (exact) mass is 235 g/mol. The van der Waals surface area contributed by atoms with Gasteiger partial charge in [-0.15, -0.1) is 0 Å². The molecular formula is C13H21N3O. The molecular weight excluding hydrogens is 214 g/mol. The lowest BCUT2D eigenvalue weighted by Gasteiger charge is -2.25. The van der Waals surface area contributed by atoms with Crippen molar-refractivity contribution >= 4 is 5.91 Å². The van der Waals surface area contributed by atoms with E-state index in [4.69, 9.17) is 0 Å². The molecule has 17 heavy (non-hydrogen) atoms. The topological polar surface area (TPSA) is 37.3 Å². The molecule has 4 heteroatoms. The van der Waals surface area contributed by atoms with E-state index >= 15 is 0 Å². The average Bonchev–Trinajstić information content (AvgIpc) is 2.96. The number of carbonyl (C=O) groups excluding carboxylic acids is 1. The molecule has 0 spiro atoms. The van der Waals surface area contributed by atoms with Gasteiger partial charge in [-0.3, -0.25) is 4.79 Å². The second-order valence-electron chi connectivity index (χ2n) is 4.53. The van der Waals surface area contributed by atoms with Gasteiger partial charge in [0.05, 0.1) is 0 Å². The van der Waals surface area contributed by atoms with Gasteiger partial charge in [-0.25, -0.2) is 0 Å². The standard InChI is InChI=1S/C13H21N3O/c1-3-15-8-5-7-12(15)13(17)16-9-4-6-11(16)10-14-2/h5,7-8,11,14H,3-4,6,9-10H2,1-2H3. The van der Waals surface area contributed by atoms with E-state index in [1.807, 2.05) is 34.8 Å². The molecule has 1 unspecified atom stereocenters. The van der Waals surface area contributed by atoms with Crippen molar-refractivity contribution in [1.29, 1.82) is 0 Å². The molecule has 1 saturated heterocycles. The van der Waals surface area contributed by atoms with Crippen LogP contribution in [-0.2, 0) is 6.54 Å². The molecule has 0 aliphatic carbocycles. The second kappa shape index (κ2) is 5.36. The fraction of sp³-hybridized carbons (Fsp3) is 0.615. The summed E-state index contributed by atoms with van der Waals surface area (Å²) in [7, 11) is 1.94. The van der Waals surface area contributed by atoms with Crippen LogP contribution < -0.4 is 5.32 Å². The quantitative estimate of drug-likeness (QED) is 0.855. The van der Waals surface area contributed by atoms with Crippen molar-refractivity contribution in [3.63, 3.8) is 0 Å². The SMILES string of the molecule is CCn1cccc1C(=O)N1CCCC1CNC. The van der Waals surface area contributed by atoms with Crippen molar-refractivity contribution < 1.29 is 4.79 Å². The molecule has 2 rings (SSSR count). The van der Waals surface area contributed by atoms with Gasteiger partial charge in [0.1, 0.15) is 5.69 Å². The Morgan fingerprint density at radius 3 is 3.12 bits per heavy atom. The van der Waals surface area contributed by atoms with Crippen LogP contribution in [0.15, 0.2) is 18.3 Å². The van der Waals surface area contributed by atoms with E-state index in [1.54, 1.807) is 0 Å². The van der Waals surface area contributed by atoms with E-state index in [1.165, 1.54) is 0 Å². The summed E-state index contributed by atoms with van der Waals surface area (Å²) in [5.41, 5.74) is 0.815. The Kier molecular flexibility index (Phi) is 3.84. The first kappa shape index (κ1) is 12.2. The minimum atomic E-state index is 0.176. The number of aromatic nitrogens is 1. The molecule has 0 aromatic carbocycles. The molecule has 0 bridgehead atoms. The Bertz CT molecular complexity index is 386. The lowest BCUT2D eigenvalue weighted by Crippen LogP contribution is -2.41. The zero-order valence-corrected chi connectivity index (χ0v) is 10.6. The van der Waals surface area contributed by atoms with E-state index in [2.05, 4.69) is 12.2 Å². The number of nitrogens with one attached hydrogen (secondary N) is 1. The lowest BCUT2D eigenvalue weighted by molar-refractivity contribution is 0.0726. The predicted octanol–water partition coefficient (Wildman–Crippen LogP) is 1.33. The van der Waals surface area contributed by atoms with Crippen LogP contribution in [0.3, 0.4) is 0 Å². The van der Waals surface area contributed by atoms with Crippen LogP contribution in [0.2, 0.25) is 0 Å². The van der Waals surface area contributed by atoms with Gasteiger partial charge in [0.25, 0.3) is 5.91 Å². The van der Waals surface area contributed by atoms with Crippen molar-refractivity contribution in [3.8, 4) is 0 Å². The molecule has 0 saturated carbocycles. The van der Waals surface area contributed by atoms with Crippen molar-refractivity contribution in [2.45, 2.75) is 32.4 Å². The summed E-state index contributed by atoms with van der Waals surface area (Å²) in [5, 5.41) is 3.17. The van der Waals surface area contributed by atoms with Gasteiger partial charge in [0.2, 0.25) is 0 Å². The van der Waals surface area contributed by atoms with Crippen LogP contribution in [-0.4, -0.2) is 41.6 Å². The van der Waals surface area contributed by atoms with E-state index in [-0.39, 0.29) is 5.91 Å². The number of rotatable bonds is 4. The first-order chi connectivity index (χ1) is 8.27. The summed E-state index contributed by atoms with van der Waals surface area (Å²) in [6, 6.07) is 4.22. The summed E-state index contributed by atoms with van der Waals surface area (Å²) in [6.07, 6.45) is 4.20. The van der Waals surface area contributed by atoms with E-state index in [0.717, 1.165) is 38.2 Å². The minimum absolute atomic E-state index is 0.176. The second-order valence-corrected chi connectivity index (χ2v) is 4.53. The van der Waals surface area contributed by atoms with Crippen molar-refractivity contribution in [2.24, 2.45) is 0 Å². The first-order valence-electron chi connectivity index (χ1n) is 6.38. The number of aryl methyl sites for hydroxylation is 1. The molecule has 4 nitrogen and oxygen atoms in total. The summed E-state index contributed by atoms with van der Waals surface area (Å²) < 4.78 is 2.01. The minimum Gasteiger partial charge on any atom is -0.344 e. The maximum atomic E-state index is 12.5. The van der Waals surface area contributed by atoms with Gasteiger partial charge in [-0.1, -0.05) is 0 Å². The van der Waals surface area contributed by atoms with Crippen molar-refractivity contribution in [1.82, 2.24) is 14.8 Å². The van der Waals surface area contributed by atoms with Crippen LogP contribution in [0, 0.1) is 0 Å². The molecule has 1 amide bonds. The third kappa shape index (κ3) is 2.36. The van der Waals surface area contributed by atoms with Crippen molar-refractivity contribution in [3.05, 3.63) is 24.0 Å². The van der Waals surface area contributed by atoms with Crippen LogP contribution >= 0.6 is 0 Å². The largest absolute Gasteiger partial charge is 0.344 e. The van der Waals surface area contributed by atoms with Crippen LogP contribution in [0.5, 0.6) is 0 Å². The highest BCUT2D eigenvalue weighted by Crippen LogP contribution is 2.19. The number of nitrogens with zero attached hydrogens (tertiary/aromatic N) is 2. The van der Waals surface area contributed by atoms with E-state index in [9.17, 15) is 4.79 Å². The third-order valence-electron chi connectivity index (χ3n) is 3.47. The fourth-order valence-corrected chi connectivity index (χ4v) is 2.58. The number of carbonyl (C=O) groups is 1. The summed E-state index contributed by atoms with van der Waals surface area (Å²) in [6.45, 7) is 4.68. The highest BCUT2D eigenvalue weighted by Gasteiger charge is 2.29. The molecule has 2 heterocycles. The Balaban J connectivity index is 2.14. The number of hydrogen-bond donors (Lipinski definition) is 1. The van der Waals surface area contributed by atoms with Gasteiger partial charge >= 0.3 is 0 Å². The third-order valence-corrected chi connectivity index (χ3v) is 3.47. The number of amides is 1. The van der Waals surface area contributed by atoms with Crippen molar-refractivity contribution in [2.75, 3.05) is 20.1 Å². The fourth-order valence-electron chi connectivity index (χ4n) is 2.58. The molecule has 1 N–H and O–H groups in total. The van der Waals surface area contributed by atoms with Crippen LogP contribution in [0.1, 0.15) is 30.3 Å². The summed E-state index contributed by atoms with van der Waals surface area (Å²) in [5.74, 6) is 0.176. The summed E-state index contributed by atoms with van der Waals surface area (Å²) in [4.78, 5) is 14.5. The van der Waals surface area contributed by atoms with E-state index < -0.39 is 0 Å². The molecule has 1 aliphatic heterocycles. The molecule has 1 aliphatic rings. The first-order valence-corrected chi connectivity index (χ1v) is 6.38. The Morgan fingerprint density at radius 2 is 2.41 bits per heavy atom. The Labute approximate surface area is 103 Å². The number of likely N-dealkylation sites (N-methyl/N-ethyl adjacent to an activating group) is 1. The van der Waals surface area contributed by atoms with Gasteiger partial charge in [-0.2, -0.15) is 0 Å². The predicted molar refractivity (Wildman–Crippen MR) is 68.1 cm³/mol. The highest BCUT2D eigenvalue weighted by atomic mass is 16.2. The zero-order chi connectivity index (χ0) is 12.3. The van der Waals surface area contributed by atoms with Gasteiger partial charge in [-0.05, 0) is 38.9 Å². The number of likely N-dealkylation sites (tertiary alicyclic amines) is 1. The molecule has 1 fully saturated rings. The van der Waals surface area contributed by atoms with Gasteiger partial charge < -0.3 is 14.8 Å². The Hall–Kier alpha value is -1.29. The smallest absolute Gasteiger partial charge is 0.270 e. The molecule has 1 aromatic rings. The average molecular weight is 235 g/mol. The maximum absolute atomic E-state index is 12.5. The highest BCUT2D eigenvalue weighted by molar-refractivity contribution is 5.93. The molecule has 1 aromatic heterocycles. The Morgan fingerprint density at radius 1 is 1.59 bits per heavy atom. The van der Waals surface area contributed by atoms with Gasteiger partial charge in [0.15, 0.2) is 0 Å². The van der Waals surface area contributed by atoms with E-state index in [0.29, 0.717) is 6.04 Å².